The van der Waals surface area contributed by atoms with Crippen molar-refractivity contribution in [2.45, 2.75) is 57.4 Å². The Hall–Kier alpha value is -1.30. The summed E-state index contributed by atoms with van der Waals surface area (Å²) < 4.78 is 0. The quantitative estimate of drug-likeness (QED) is 0.762. The van der Waals surface area contributed by atoms with Crippen LogP contribution in [0.1, 0.15) is 51.9 Å². The second-order valence-electron chi connectivity index (χ2n) is 5.87. The first-order valence-corrected chi connectivity index (χ1v) is 7.03. The van der Waals surface area contributed by atoms with E-state index in [1.165, 1.54) is 6.42 Å². The Morgan fingerprint density at radius 3 is 2.89 bits per heavy atom. The van der Waals surface area contributed by atoms with Gasteiger partial charge in [-0.2, -0.15) is 5.26 Å². The summed E-state index contributed by atoms with van der Waals surface area (Å²) in [6.07, 6.45) is 10.8. The molecule has 1 N–H and O–H groups in total. The maximum Gasteiger partial charge on any atom is 0.224 e. The Labute approximate surface area is 109 Å². The van der Waals surface area contributed by atoms with Gasteiger partial charge in [0.15, 0.2) is 0 Å². The number of hydrogen-bond acceptors (Lipinski definition) is 2. The normalized spacial score (nSPS) is 35.8. The Morgan fingerprint density at radius 2 is 2.28 bits per heavy atom. The number of carbonyl (C=O) groups is 1. The molecular formula is C15H22N2O. The summed E-state index contributed by atoms with van der Waals surface area (Å²) in [5.74, 6) is 0.678. The van der Waals surface area contributed by atoms with Crippen LogP contribution in [0.15, 0.2) is 12.2 Å². The summed E-state index contributed by atoms with van der Waals surface area (Å²) in [7, 11) is 0. The smallest absolute Gasteiger partial charge is 0.224 e. The number of nitrogens with one attached hydrogen (secondary N) is 1. The lowest BCUT2D eigenvalue weighted by Crippen LogP contribution is -2.52. The highest BCUT2D eigenvalue weighted by Gasteiger charge is 2.37. The Bertz CT molecular complexity index is 382. The monoisotopic (exact) mass is 246 g/mol. The molecular weight excluding hydrogens is 224 g/mol. The molecule has 2 aliphatic rings. The van der Waals surface area contributed by atoms with E-state index in [0.29, 0.717) is 5.92 Å². The van der Waals surface area contributed by atoms with Gasteiger partial charge in [-0.05, 0) is 44.4 Å². The molecule has 2 aliphatic carbocycles. The molecule has 2 rings (SSSR count). The molecule has 1 amide bonds. The van der Waals surface area contributed by atoms with Crippen molar-refractivity contribution in [3.63, 3.8) is 0 Å². The molecule has 0 saturated heterocycles. The van der Waals surface area contributed by atoms with Crippen LogP contribution < -0.4 is 5.32 Å². The number of nitrogens with zero attached hydrogens (tertiary/aromatic N) is 1. The van der Waals surface area contributed by atoms with Crippen LogP contribution >= 0.6 is 0 Å². The highest BCUT2D eigenvalue weighted by molar-refractivity contribution is 5.80. The fraction of sp³-hybridized carbons (Fsp3) is 0.733. The minimum Gasteiger partial charge on any atom is -0.338 e. The second-order valence-corrected chi connectivity index (χ2v) is 5.87. The van der Waals surface area contributed by atoms with Crippen molar-refractivity contribution in [3.05, 3.63) is 12.2 Å². The van der Waals surface area contributed by atoms with Crippen LogP contribution in [0.4, 0.5) is 0 Å². The average molecular weight is 246 g/mol. The molecule has 0 spiro atoms. The summed E-state index contributed by atoms with van der Waals surface area (Å²) in [5.41, 5.74) is -0.601. The minimum absolute atomic E-state index is 0.0671. The molecule has 3 atom stereocenters. The van der Waals surface area contributed by atoms with E-state index < -0.39 is 5.54 Å². The van der Waals surface area contributed by atoms with Gasteiger partial charge in [0, 0.05) is 5.92 Å². The van der Waals surface area contributed by atoms with E-state index in [9.17, 15) is 10.1 Å². The van der Waals surface area contributed by atoms with E-state index in [1.54, 1.807) is 0 Å². The number of carbonyl (C=O) groups excluding carboxylic acids is 1. The predicted molar refractivity (Wildman–Crippen MR) is 70.6 cm³/mol. The maximum atomic E-state index is 12.2. The van der Waals surface area contributed by atoms with Crippen molar-refractivity contribution in [1.82, 2.24) is 5.32 Å². The van der Waals surface area contributed by atoms with Crippen LogP contribution in [0, 0.1) is 23.2 Å². The average Bonchev–Trinajstić information content (AvgIpc) is 2.39. The van der Waals surface area contributed by atoms with Gasteiger partial charge in [0.25, 0.3) is 0 Å². The van der Waals surface area contributed by atoms with E-state index in [-0.39, 0.29) is 11.8 Å². The summed E-state index contributed by atoms with van der Waals surface area (Å²) in [5, 5.41) is 12.5. The van der Waals surface area contributed by atoms with E-state index in [0.717, 1.165) is 38.5 Å². The zero-order chi connectivity index (χ0) is 13.0. The maximum absolute atomic E-state index is 12.2. The largest absolute Gasteiger partial charge is 0.338 e. The zero-order valence-corrected chi connectivity index (χ0v) is 11.1. The molecule has 0 unspecified atom stereocenters. The van der Waals surface area contributed by atoms with Gasteiger partial charge in [0.05, 0.1) is 6.07 Å². The van der Waals surface area contributed by atoms with Gasteiger partial charge >= 0.3 is 0 Å². The Balaban J connectivity index is 1.99. The second kappa shape index (κ2) is 5.56. The van der Waals surface area contributed by atoms with Crippen LogP contribution in [-0.4, -0.2) is 11.4 Å². The SMILES string of the molecule is C[C@@H]1CCC[C@](C#N)(NC(=O)[C@H]2CC=CCC2)C1. The van der Waals surface area contributed by atoms with Crippen molar-refractivity contribution in [2.24, 2.45) is 11.8 Å². The first kappa shape index (κ1) is 13.1. The van der Waals surface area contributed by atoms with Gasteiger partial charge in [-0.3, -0.25) is 4.79 Å². The lowest BCUT2D eigenvalue weighted by Gasteiger charge is -2.36. The molecule has 0 aromatic heterocycles. The minimum atomic E-state index is -0.601. The first-order chi connectivity index (χ1) is 8.65. The highest BCUT2D eigenvalue weighted by atomic mass is 16.2. The molecule has 18 heavy (non-hydrogen) atoms. The molecule has 0 aromatic carbocycles. The van der Waals surface area contributed by atoms with Crippen molar-refractivity contribution >= 4 is 5.91 Å². The third kappa shape index (κ3) is 2.93. The fourth-order valence-electron chi connectivity index (χ4n) is 3.16. The molecule has 0 heterocycles. The highest BCUT2D eigenvalue weighted by Crippen LogP contribution is 2.32. The summed E-state index contributed by atoms with van der Waals surface area (Å²) >= 11 is 0. The van der Waals surface area contributed by atoms with Crippen molar-refractivity contribution in [1.29, 1.82) is 5.26 Å². The van der Waals surface area contributed by atoms with E-state index in [1.807, 2.05) is 0 Å². The van der Waals surface area contributed by atoms with Crippen LogP contribution in [0.5, 0.6) is 0 Å². The molecule has 0 bridgehead atoms. The van der Waals surface area contributed by atoms with E-state index >= 15 is 0 Å². The van der Waals surface area contributed by atoms with Gasteiger partial charge in [0.1, 0.15) is 5.54 Å². The third-order valence-electron chi connectivity index (χ3n) is 4.21. The van der Waals surface area contributed by atoms with Gasteiger partial charge in [-0.15, -0.1) is 0 Å². The van der Waals surface area contributed by atoms with Crippen molar-refractivity contribution in [3.8, 4) is 6.07 Å². The number of nitriles is 1. The predicted octanol–water partition coefficient (Wildman–Crippen LogP) is 2.93. The number of hydrogen-bond donors (Lipinski definition) is 1. The number of allylic oxidation sites excluding steroid dienone is 2. The summed E-state index contributed by atoms with van der Waals surface area (Å²) in [6, 6.07) is 2.37. The topological polar surface area (TPSA) is 52.9 Å². The third-order valence-corrected chi connectivity index (χ3v) is 4.21. The Kier molecular flexibility index (Phi) is 4.06. The number of rotatable bonds is 2. The molecule has 98 valence electrons. The molecule has 0 aromatic rings. The first-order valence-electron chi connectivity index (χ1n) is 7.03. The van der Waals surface area contributed by atoms with Gasteiger partial charge in [-0.25, -0.2) is 0 Å². The fourth-order valence-corrected chi connectivity index (χ4v) is 3.16. The lowest BCUT2D eigenvalue weighted by atomic mass is 9.77. The van der Waals surface area contributed by atoms with E-state index in [2.05, 4.69) is 30.5 Å². The zero-order valence-electron chi connectivity index (χ0n) is 11.1. The Morgan fingerprint density at radius 1 is 1.44 bits per heavy atom. The van der Waals surface area contributed by atoms with Crippen LogP contribution in [0.3, 0.4) is 0 Å². The molecule has 3 nitrogen and oxygen atoms in total. The standard InChI is InChI=1S/C15H22N2O/c1-12-6-5-9-15(10-12,11-16)17-14(18)13-7-3-2-4-8-13/h2-3,12-13H,4-10H2,1H3,(H,17,18)/t12-,13+,15+/m1/s1. The summed E-state index contributed by atoms with van der Waals surface area (Å²) in [4.78, 5) is 12.2. The molecule has 3 heteroatoms. The molecule has 0 radical (unpaired) electrons. The van der Waals surface area contributed by atoms with Gasteiger partial charge < -0.3 is 5.32 Å². The van der Waals surface area contributed by atoms with Crippen molar-refractivity contribution < 1.29 is 4.79 Å². The van der Waals surface area contributed by atoms with Crippen LogP contribution in [0.25, 0.3) is 0 Å². The van der Waals surface area contributed by atoms with Crippen LogP contribution in [0.2, 0.25) is 0 Å². The summed E-state index contributed by atoms with van der Waals surface area (Å²) in [6.45, 7) is 2.17. The number of amides is 1. The lowest BCUT2D eigenvalue weighted by molar-refractivity contribution is -0.127. The molecule has 1 fully saturated rings. The van der Waals surface area contributed by atoms with Crippen molar-refractivity contribution in [2.75, 3.05) is 0 Å². The molecule has 0 aliphatic heterocycles. The van der Waals surface area contributed by atoms with E-state index in [4.69, 9.17) is 0 Å². The van der Waals surface area contributed by atoms with Crippen LogP contribution in [-0.2, 0) is 4.79 Å². The molecule has 1 saturated carbocycles. The van der Waals surface area contributed by atoms with Gasteiger partial charge in [0.2, 0.25) is 5.91 Å². The van der Waals surface area contributed by atoms with Gasteiger partial charge in [-0.1, -0.05) is 25.5 Å².